The first-order chi connectivity index (χ1) is 23.0. The zero-order chi connectivity index (χ0) is 33.1. The molecular weight excluding hydrogens is 565 g/mol. The van der Waals surface area contributed by atoms with Crippen molar-refractivity contribution in [3.8, 4) is 11.1 Å². The first-order valence-electron chi connectivity index (χ1n) is 17.1. The number of benzene rings is 9. The van der Waals surface area contributed by atoms with Crippen molar-refractivity contribution in [1.82, 2.24) is 0 Å². The van der Waals surface area contributed by atoms with Crippen molar-refractivity contribution in [3.05, 3.63) is 156 Å². The minimum absolute atomic E-state index is 1.29. The molecule has 9 aromatic rings. The second-order valence-electron chi connectivity index (χ2n) is 12.0. The Balaban J connectivity index is 0.000000180. The molecule has 0 radical (unpaired) electrons. The summed E-state index contributed by atoms with van der Waals surface area (Å²) in [6.45, 7) is 14.6. The van der Waals surface area contributed by atoms with E-state index in [-0.39, 0.29) is 0 Å². The molecule has 0 aliphatic heterocycles. The second-order valence-corrected chi connectivity index (χ2v) is 12.0. The topological polar surface area (TPSA) is 0 Å². The van der Waals surface area contributed by atoms with Gasteiger partial charge >= 0.3 is 0 Å². The molecule has 0 aliphatic carbocycles. The van der Waals surface area contributed by atoms with Crippen LogP contribution in [0.25, 0.3) is 75.8 Å². The van der Waals surface area contributed by atoms with Crippen molar-refractivity contribution in [2.45, 2.75) is 48.5 Å². The van der Waals surface area contributed by atoms with Gasteiger partial charge in [0.25, 0.3) is 0 Å². The number of rotatable bonds is 1. The molecule has 0 nitrogen and oxygen atoms in total. The first kappa shape index (κ1) is 31.8. The van der Waals surface area contributed by atoms with Crippen LogP contribution in [0.4, 0.5) is 0 Å². The summed E-state index contributed by atoms with van der Waals surface area (Å²) >= 11 is 0. The highest BCUT2D eigenvalue weighted by Gasteiger charge is 2.14. The van der Waals surface area contributed by atoms with Crippen LogP contribution in [0, 0.1) is 20.8 Å². The summed E-state index contributed by atoms with van der Waals surface area (Å²) in [4.78, 5) is 0. The van der Waals surface area contributed by atoms with Crippen LogP contribution in [-0.2, 0) is 0 Å². The Bertz CT molecular complexity index is 2400. The van der Waals surface area contributed by atoms with Gasteiger partial charge < -0.3 is 0 Å². The Morgan fingerprint density at radius 1 is 0.319 bits per heavy atom. The standard InChI is InChI=1S/C29H22.C14H10.2C2H6/c1-17-4-5-21-16-22(7-6-20(21)12-17)27-15-19(3)25-10-8-23-13-18(2)14-24-9-11-26(27)29(25)28(23)24;1-3-7-13-11(5-1)9-10-12-6-2-4-8-14(12)13;2*1-2/h4-16H,1-3H3;1-10H;2*1-2H3. The van der Waals surface area contributed by atoms with Crippen LogP contribution in [0.15, 0.2) is 140 Å². The lowest BCUT2D eigenvalue weighted by Crippen LogP contribution is -1.91. The fraction of sp³-hybridized carbons (Fsp3) is 0.149. The molecule has 0 fully saturated rings. The third-order valence-electron chi connectivity index (χ3n) is 9.03. The van der Waals surface area contributed by atoms with E-state index in [0.29, 0.717) is 0 Å². The first-order valence-corrected chi connectivity index (χ1v) is 17.1. The minimum Gasteiger partial charge on any atom is -0.0683 e. The molecule has 0 aromatic heterocycles. The molecule has 0 aliphatic rings. The lowest BCUT2D eigenvalue weighted by Gasteiger charge is -2.17. The average Bonchev–Trinajstić information content (AvgIpc) is 3.12. The summed E-state index contributed by atoms with van der Waals surface area (Å²) in [5.74, 6) is 0. The lowest BCUT2D eigenvalue weighted by molar-refractivity contribution is 1.50. The Hall–Kier alpha value is -5.20. The van der Waals surface area contributed by atoms with E-state index in [9.17, 15) is 0 Å². The van der Waals surface area contributed by atoms with E-state index in [4.69, 9.17) is 0 Å². The average molecular weight is 609 g/mol. The highest BCUT2D eigenvalue weighted by molar-refractivity contribution is 6.26. The normalized spacial score (nSPS) is 10.9. The monoisotopic (exact) mass is 608 g/mol. The lowest BCUT2D eigenvalue weighted by atomic mass is 9.87. The van der Waals surface area contributed by atoms with Gasteiger partial charge in [-0.3, -0.25) is 0 Å². The van der Waals surface area contributed by atoms with Crippen LogP contribution in [0.2, 0.25) is 0 Å². The van der Waals surface area contributed by atoms with E-state index in [1.54, 1.807) is 0 Å². The number of hydrogen-bond acceptors (Lipinski definition) is 0. The third kappa shape index (κ3) is 5.93. The minimum atomic E-state index is 1.29. The highest BCUT2D eigenvalue weighted by atomic mass is 14.2. The summed E-state index contributed by atoms with van der Waals surface area (Å²) in [5.41, 5.74) is 6.58. The van der Waals surface area contributed by atoms with Gasteiger partial charge in [0.05, 0.1) is 0 Å². The van der Waals surface area contributed by atoms with Crippen LogP contribution in [0.1, 0.15) is 44.4 Å². The predicted octanol–water partition coefficient (Wildman–Crippen LogP) is 14.4. The highest BCUT2D eigenvalue weighted by Crippen LogP contribution is 2.41. The van der Waals surface area contributed by atoms with Crippen molar-refractivity contribution in [3.63, 3.8) is 0 Å². The molecule has 0 saturated carbocycles. The van der Waals surface area contributed by atoms with Crippen LogP contribution in [0.5, 0.6) is 0 Å². The third-order valence-corrected chi connectivity index (χ3v) is 9.03. The molecule has 0 N–H and O–H groups in total. The van der Waals surface area contributed by atoms with E-state index in [1.165, 1.54) is 92.5 Å². The molecule has 232 valence electrons. The van der Waals surface area contributed by atoms with Crippen LogP contribution in [-0.4, -0.2) is 0 Å². The SMILES string of the molecule is CC.CC.Cc1ccc2cc(-c3cc(C)c4ccc5cc(C)cc6ccc3c4c56)ccc2c1.c1ccc2c(c1)ccc1ccccc12. The molecule has 0 spiro atoms. The summed E-state index contributed by atoms with van der Waals surface area (Å²) in [5, 5.41) is 16.1. The van der Waals surface area contributed by atoms with E-state index in [0.717, 1.165) is 0 Å². The molecule has 9 rings (SSSR count). The Kier molecular flexibility index (Phi) is 9.23. The van der Waals surface area contributed by atoms with E-state index >= 15 is 0 Å². The van der Waals surface area contributed by atoms with Crippen LogP contribution < -0.4 is 0 Å². The largest absolute Gasteiger partial charge is 0.0683 e. The van der Waals surface area contributed by atoms with Crippen molar-refractivity contribution < 1.29 is 0 Å². The Morgan fingerprint density at radius 2 is 0.809 bits per heavy atom. The van der Waals surface area contributed by atoms with Gasteiger partial charge in [0, 0.05) is 0 Å². The van der Waals surface area contributed by atoms with Gasteiger partial charge in [0.15, 0.2) is 0 Å². The number of fused-ring (bicyclic) bond motifs is 4. The maximum absolute atomic E-state index is 2.36. The molecule has 0 saturated heterocycles. The molecular formula is C47H44. The summed E-state index contributed by atoms with van der Waals surface area (Å²) in [7, 11) is 0. The van der Waals surface area contributed by atoms with Gasteiger partial charge in [-0.2, -0.15) is 0 Å². The second kappa shape index (κ2) is 13.7. The maximum Gasteiger partial charge on any atom is -0.00179 e. The number of aryl methyl sites for hydroxylation is 3. The fourth-order valence-corrected chi connectivity index (χ4v) is 6.97. The van der Waals surface area contributed by atoms with Gasteiger partial charge in [-0.05, 0) is 114 Å². The molecule has 0 heterocycles. The summed E-state index contributed by atoms with van der Waals surface area (Å²) < 4.78 is 0. The zero-order valence-electron chi connectivity index (χ0n) is 28.8. The summed E-state index contributed by atoms with van der Waals surface area (Å²) in [6.07, 6.45) is 0. The Labute approximate surface area is 279 Å². The molecule has 9 aromatic carbocycles. The van der Waals surface area contributed by atoms with E-state index in [2.05, 4.69) is 160 Å². The molecule has 0 bridgehead atoms. The quantitative estimate of drug-likeness (QED) is 0.163. The predicted molar refractivity (Wildman–Crippen MR) is 211 cm³/mol. The van der Waals surface area contributed by atoms with Crippen LogP contribution >= 0.6 is 0 Å². The smallest absolute Gasteiger partial charge is 0.00179 e. The molecule has 0 amide bonds. The van der Waals surface area contributed by atoms with Gasteiger partial charge in [0.1, 0.15) is 0 Å². The van der Waals surface area contributed by atoms with Crippen LogP contribution in [0.3, 0.4) is 0 Å². The van der Waals surface area contributed by atoms with Gasteiger partial charge in [-0.25, -0.2) is 0 Å². The number of hydrogen-bond donors (Lipinski definition) is 0. The molecule has 0 atom stereocenters. The van der Waals surface area contributed by atoms with Gasteiger partial charge in [-0.15, -0.1) is 0 Å². The summed E-state index contributed by atoms with van der Waals surface area (Å²) in [6, 6.07) is 51.1. The maximum atomic E-state index is 2.36. The molecule has 0 heteroatoms. The molecule has 47 heavy (non-hydrogen) atoms. The van der Waals surface area contributed by atoms with Gasteiger partial charge in [-0.1, -0.05) is 167 Å². The van der Waals surface area contributed by atoms with E-state index < -0.39 is 0 Å². The van der Waals surface area contributed by atoms with E-state index in [1.807, 2.05) is 27.7 Å². The molecule has 0 unspecified atom stereocenters. The zero-order valence-corrected chi connectivity index (χ0v) is 28.8. The van der Waals surface area contributed by atoms with Crippen molar-refractivity contribution in [2.24, 2.45) is 0 Å². The van der Waals surface area contributed by atoms with Crippen molar-refractivity contribution >= 4 is 64.6 Å². The van der Waals surface area contributed by atoms with Gasteiger partial charge in [0.2, 0.25) is 0 Å². The van der Waals surface area contributed by atoms with Crippen molar-refractivity contribution in [1.29, 1.82) is 0 Å². The Morgan fingerprint density at radius 3 is 1.45 bits per heavy atom. The van der Waals surface area contributed by atoms with Crippen molar-refractivity contribution in [2.75, 3.05) is 0 Å². The fourth-order valence-electron chi connectivity index (χ4n) is 6.97.